The minimum absolute atomic E-state index is 0.0791. The van der Waals surface area contributed by atoms with Crippen molar-refractivity contribution < 1.29 is 15.0 Å². The number of carbonyl (C=O) groups is 1. The Morgan fingerprint density at radius 2 is 1.97 bits per heavy atom. The van der Waals surface area contributed by atoms with Crippen molar-refractivity contribution in [3.63, 3.8) is 0 Å². The van der Waals surface area contributed by atoms with Crippen LogP contribution in [0.5, 0.6) is 0 Å². The molecule has 1 aliphatic heterocycles. The summed E-state index contributed by atoms with van der Waals surface area (Å²) in [5.41, 5.74) is 4.74. The van der Waals surface area contributed by atoms with E-state index in [-0.39, 0.29) is 11.5 Å². The molecule has 1 aliphatic rings. The smallest absolute Gasteiger partial charge is 0.407 e. The fraction of sp³-hybridized carbons (Fsp3) is 0.393. The zero-order valence-electron chi connectivity index (χ0n) is 22.6. The Bertz CT molecular complexity index is 1480. The van der Waals surface area contributed by atoms with Gasteiger partial charge in [0.25, 0.3) is 0 Å². The second kappa shape index (κ2) is 10.6. The molecule has 0 aliphatic carbocycles. The average Bonchev–Trinajstić information content (AvgIpc) is 3.29. The molecule has 0 bridgehead atoms. The molecule has 3 aromatic heterocycles. The molecule has 4 aromatic rings. The molecule has 0 radical (unpaired) electrons. The Hall–Kier alpha value is -4.09. The van der Waals surface area contributed by atoms with E-state index in [0.717, 1.165) is 27.9 Å². The Balaban J connectivity index is 1.29. The number of hydrogen-bond acceptors (Lipinski definition) is 8. The Kier molecular flexibility index (Phi) is 7.19. The largest absolute Gasteiger partial charge is 0.465 e. The van der Waals surface area contributed by atoms with E-state index in [0.29, 0.717) is 43.6 Å². The van der Waals surface area contributed by atoms with Crippen molar-refractivity contribution in [2.45, 2.75) is 46.4 Å². The van der Waals surface area contributed by atoms with Gasteiger partial charge in [0.05, 0.1) is 34.6 Å². The molecule has 204 valence electrons. The monoisotopic (exact) mass is 530 g/mol. The second-order valence-corrected chi connectivity index (χ2v) is 11.1. The number of pyridine rings is 1. The minimum atomic E-state index is -0.857. The fourth-order valence-electron chi connectivity index (χ4n) is 4.96. The van der Waals surface area contributed by atoms with Crippen LogP contribution in [0.15, 0.2) is 48.9 Å². The fourth-order valence-corrected chi connectivity index (χ4v) is 4.96. The van der Waals surface area contributed by atoms with E-state index in [2.05, 4.69) is 55.9 Å². The van der Waals surface area contributed by atoms with E-state index in [1.807, 2.05) is 30.3 Å². The van der Waals surface area contributed by atoms with Gasteiger partial charge in [-0.1, -0.05) is 26.8 Å². The van der Waals surface area contributed by atoms with Gasteiger partial charge in [0, 0.05) is 37.9 Å². The summed E-state index contributed by atoms with van der Waals surface area (Å²) in [5, 5.41) is 22.8. The lowest BCUT2D eigenvalue weighted by Crippen LogP contribution is -2.59. The van der Waals surface area contributed by atoms with Gasteiger partial charge in [-0.15, -0.1) is 0 Å². The normalized spacial score (nSPS) is 17.4. The summed E-state index contributed by atoms with van der Waals surface area (Å²) < 4.78 is 0. The van der Waals surface area contributed by atoms with Crippen molar-refractivity contribution >= 4 is 28.9 Å². The van der Waals surface area contributed by atoms with Crippen LogP contribution < -0.4 is 5.32 Å². The van der Waals surface area contributed by atoms with E-state index in [1.165, 1.54) is 6.33 Å². The molecule has 4 heterocycles. The third-order valence-electron chi connectivity index (χ3n) is 7.08. The van der Waals surface area contributed by atoms with Gasteiger partial charge in [-0.3, -0.25) is 4.90 Å². The first-order valence-electron chi connectivity index (χ1n) is 13.0. The van der Waals surface area contributed by atoms with Crippen LogP contribution in [0.3, 0.4) is 0 Å². The molecule has 11 nitrogen and oxygen atoms in total. The van der Waals surface area contributed by atoms with Gasteiger partial charge in [-0.05, 0) is 48.2 Å². The van der Waals surface area contributed by atoms with E-state index in [1.54, 1.807) is 24.1 Å². The number of aromatic amines is 1. The van der Waals surface area contributed by atoms with Crippen LogP contribution in [0.1, 0.15) is 45.1 Å². The highest BCUT2D eigenvalue weighted by Gasteiger charge is 2.37. The molecule has 0 spiro atoms. The summed E-state index contributed by atoms with van der Waals surface area (Å²) in [7, 11) is 0. The number of aromatic nitrogens is 5. The number of benzene rings is 1. The molecule has 1 saturated heterocycles. The number of anilines is 2. The number of rotatable bonds is 6. The van der Waals surface area contributed by atoms with Crippen molar-refractivity contribution in [2.24, 2.45) is 5.41 Å². The zero-order chi connectivity index (χ0) is 27.7. The van der Waals surface area contributed by atoms with Crippen LogP contribution in [0.25, 0.3) is 22.3 Å². The van der Waals surface area contributed by atoms with Crippen molar-refractivity contribution in [1.82, 2.24) is 34.7 Å². The second-order valence-electron chi connectivity index (χ2n) is 11.1. The lowest BCUT2D eigenvalue weighted by molar-refractivity contribution is 0.0190. The molecular formula is C28H34N8O3. The molecule has 1 amide bonds. The summed E-state index contributed by atoms with van der Waals surface area (Å²) in [5.74, 6) is 1.24. The van der Waals surface area contributed by atoms with Crippen LogP contribution in [0.2, 0.25) is 0 Å². The Morgan fingerprint density at radius 3 is 2.72 bits per heavy atom. The predicted molar refractivity (Wildman–Crippen MR) is 149 cm³/mol. The minimum Gasteiger partial charge on any atom is -0.465 e. The molecule has 1 aromatic carbocycles. The summed E-state index contributed by atoms with van der Waals surface area (Å²) in [6.07, 6.45) is 1.69. The number of imidazole rings is 1. The van der Waals surface area contributed by atoms with E-state index in [4.69, 9.17) is 0 Å². The Labute approximate surface area is 227 Å². The van der Waals surface area contributed by atoms with Gasteiger partial charge in [0.15, 0.2) is 0 Å². The molecular weight excluding hydrogens is 496 g/mol. The van der Waals surface area contributed by atoms with Crippen molar-refractivity contribution in [3.8, 4) is 11.3 Å². The highest BCUT2D eigenvalue weighted by atomic mass is 16.4. The van der Waals surface area contributed by atoms with Gasteiger partial charge in [0.1, 0.15) is 12.1 Å². The van der Waals surface area contributed by atoms with Crippen molar-refractivity contribution in [3.05, 3.63) is 60.2 Å². The van der Waals surface area contributed by atoms with Crippen LogP contribution in [-0.2, 0) is 6.54 Å². The SMILES string of the molecule is CC(O)c1cc(-c2ccc3nc(Nc4cc(CN5CCN(C(=O)O)C(C(C)(C)C)C5)ccn4)[nH]c3c2)ncn1. The molecule has 5 rings (SSSR count). The molecule has 1 fully saturated rings. The Morgan fingerprint density at radius 1 is 1.15 bits per heavy atom. The zero-order valence-corrected chi connectivity index (χ0v) is 22.6. The number of nitrogens with one attached hydrogen (secondary N) is 2. The summed E-state index contributed by atoms with van der Waals surface area (Å²) >= 11 is 0. The lowest BCUT2D eigenvalue weighted by Gasteiger charge is -2.46. The quantitative estimate of drug-likeness (QED) is 0.285. The van der Waals surface area contributed by atoms with Gasteiger partial charge in [0.2, 0.25) is 5.95 Å². The molecule has 39 heavy (non-hydrogen) atoms. The van der Waals surface area contributed by atoms with Gasteiger partial charge in [-0.25, -0.2) is 24.7 Å². The molecule has 2 atom stereocenters. The average molecular weight is 531 g/mol. The standard InChI is InChI=1S/C28H34N8O3/c1-17(37)21-13-22(31-16-30-21)19-5-6-20-23(12-19)33-26(32-20)34-25-11-18(7-8-29-25)14-35-9-10-36(27(38)39)24(15-35)28(2,3)4/h5-8,11-13,16-17,24,37H,9-10,14-15H2,1-4H3,(H,38,39)(H2,29,32,33,34). The van der Waals surface area contributed by atoms with E-state index < -0.39 is 12.2 Å². The molecule has 11 heteroatoms. The maximum atomic E-state index is 11.8. The van der Waals surface area contributed by atoms with Crippen molar-refractivity contribution in [1.29, 1.82) is 0 Å². The lowest BCUT2D eigenvalue weighted by atomic mass is 9.84. The third kappa shape index (κ3) is 5.99. The molecule has 2 unspecified atom stereocenters. The number of aliphatic hydroxyl groups excluding tert-OH is 1. The first kappa shape index (κ1) is 26.5. The number of nitrogens with zero attached hydrogens (tertiary/aromatic N) is 6. The highest BCUT2D eigenvalue weighted by Crippen LogP contribution is 2.29. The summed E-state index contributed by atoms with van der Waals surface area (Å²) in [6, 6.07) is 11.5. The van der Waals surface area contributed by atoms with Crippen LogP contribution in [0, 0.1) is 5.41 Å². The maximum absolute atomic E-state index is 11.8. The van der Waals surface area contributed by atoms with E-state index in [9.17, 15) is 15.0 Å². The first-order valence-corrected chi connectivity index (χ1v) is 13.0. The van der Waals surface area contributed by atoms with Gasteiger partial charge >= 0.3 is 6.09 Å². The summed E-state index contributed by atoms with van der Waals surface area (Å²) in [4.78, 5) is 36.5. The van der Waals surface area contributed by atoms with Crippen molar-refractivity contribution in [2.75, 3.05) is 25.0 Å². The molecule has 4 N–H and O–H groups in total. The van der Waals surface area contributed by atoms with Gasteiger partial charge in [-0.2, -0.15) is 0 Å². The molecule has 0 saturated carbocycles. The van der Waals surface area contributed by atoms with Crippen LogP contribution in [-0.4, -0.2) is 76.7 Å². The van der Waals surface area contributed by atoms with E-state index >= 15 is 0 Å². The van der Waals surface area contributed by atoms with Crippen LogP contribution >= 0.6 is 0 Å². The summed E-state index contributed by atoms with van der Waals surface area (Å²) in [6.45, 7) is 10.5. The number of carboxylic acid groups (broad SMARTS) is 1. The first-order chi connectivity index (χ1) is 18.6. The number of amides is 1. The third-order valence-corrected chi connectivity index (χ3v) is 7.08. The maximum Gasteiger partial charge on any atom is 0.407 e. The number of hydrogen-bond donors (Lipinski definition) is 4. The topological polar surface area (TPSA) is 143 Å². The number of H-pyrrole nitrogens is 1. The number of piperazine rings is 1. The number of fused-ring (bicyclic) bond motifs is 1. The predicted octanol–water partition coefficient (Wildman–Crippen LogP) is 4.42. The highest BCUT2D eigenvalue weighted by molar-refractivity contribution is 5.83. The van der Waals surface area contributed by atoms with Crippen LogP contribution in [0.4, 0.5) is 16.6 Å². The number of aliphatic hydroxyl groups is 1. The van der Waals surface area contributed by atoms with Gasteiger partial charge < -0.3 is 25.4 Å².